The lowest BCUT2D eigenvalue weighted by molar-refractivity contribution is -0.891. The molecule has 4 nitrogen and oxygen atoms in total. The molecule has 2 N–H and O–H groups in total. The second kappa shape index (κ2) is 7.17. The molecule has 0 saturated carbocycles. The third kappa shape index (κ3) is 8.44. The fourth-order valence-electron chi connectivity index (χ4n) is 1.27. The van der Waals surface area contributed by atoms with Gasteiger partial charge in [0.2, 0.25) is 0 Å². The average Bonchev–Trinajstić information content (AvgIpc) is 2.03. The summed E-state index contributed by atoms with van der Waals surface area (Å²) in [7, 11) is 6.33. The van der Waals surface area contributed by atoms with E-state index in [4.69, 9.17) is 9.84 Å². The van der Waals surface area contributed by atoms with Gasteiger partial charge in [0.05, 0.1) is 27.2 Å². The van der Waals surface area contributed by atoms with E-state index in [1.54, 1.807) is 6.92 Å². The minimum Gasteiger partial charge on any atom is -0.368 e. The van der Waals surface area contributed by atoms with Crippen molar-refractivity contribution in [2.45, 2.75) is 19.6 Å². The topological polar surface area (TPSA) is 41.5 Å². The highest BCUT2D eigenvalue weighted by molar-refractivity contribution is 4.41. The fourth-order valence-corrected chi connectivity index (χ4v) is 1.27. The molecule has 0 aliphatic carbocycles. The van der Waals surface area contributed by atoms with E-state index in [1.165, 1.54) is 0 Å². The molecule has 86 valence electrons. The van der Waals surface area contributed by atoms with E-state index in [-0.39, 0.29) is 0 Å². The summed E-state index contributed by atoms with van der Waals surface area (Å²) in [5.41, 5.74) is 0. The molecule has 0 aromatic rings. The molecule has 0 amide bonds. The zero-order valence-electron chi connectivity index (χ0n) is 9.92. The van der Waals surface area contributed by atoms with Crippen molar-refractivity contribution >= 4 is 0 Å². The molecule has 0 heterocycles. The molecule has 0 spiro atoms. The Hall–Kier alpha value is -0.160. The van der Waals surface area contributed by atoms with E-state index in [9.17, 15) is 0 Å². The number of nitrogens with one attached hydrogen (secondary N) is 1. The zero-order valence-corrected chi connectivity index (χ0v) is 9.92. The molecule has 0 radical (unpaired) electrons. The number of rotatable bonds is 8. The van der Waals surface area contributed by atoms with Crippen molar-refractivity contribution in [3.8, 4) is 0 Å². The Morgan fingerprint density at radius 2 is 2.00 bits per heavy atom. The van der Waals surface area contributed by atoms with Crippen LogP contribution in [0.3, 0.4) is 0 Å². The van der Waals surface area contributed by atoms with Gasteiger partial charge >= 0.3 is 0 Å². The third-order valence-corrected chi connectivity index (χ3v) is 2.25. The number of hydrogen-bond donors (Lipinski definition) is 2. The second-order valence-electron chi connectivity index (χ2n) is 4.31. The third-order valence-electron chi connectivity index (χ3n) is 2.25. The van der Waals surface area contributed by atoms with Gasteiger partial charge in [-0.15, -0.1) is 0 Å². The van der Waals surface area contributed by atoms with Crippen LogP contribution in [0.5, 0.6) is 0 Å². The maximum absolute atomic E-state index is 8.92. The van der Waals surface area contributed by atoms with Gasteiger partial charge in [-0.05, 0) is 14.0 Å². The van der Waals surface area contributed by atoms with Crippen molar-refractivity contribution in [1.82, 2.24) is 5.32 Å². The van der Waals surface area contributed by atoms with Gasteiger partial charge in [0, 0.05) is 13.0 Å². The van der Waals surface area contributed by atoms with E-state index in [2.05, 4.69) is 19.4 Å². The van der Waals surface area contributed by atoms with Crippen LogP contribution < -0.4 is 5.32 Å². The lowest BCUT2D eigenvalue weighted by atomic mass is 10.3. The molecule has 0 aromatic heterocycles. The Balaban J connectivity index is 3.50. The van der Waals surface area contributed by atoms with E-state index >= 15 is 0 Å². The summed E-state index contributed by atoms with van der Waals surface area (Å²) in [5, 5.41) is 12.1. The average molecular weight is 205 g/mol. The largest absolute Gasteiger partial charge is 0.368 e. The van der Waals surface area contributed by atoms with Crippen molar-refractivity contribution in [3.63, 3.8) is 0 Å². The van der Waals surface area contributed by atoms with Gasteiger partial charge in [0.15, 0.2) is 6.29 Å². The molecule has 0 rings (SSSR count). The first-order valence-corrected chi connectivity index (χ1v) is 5.24. The van der Waals surface area contributed by atoms with Crippen molar-refractivity contribution in [2.24, 2.45) is 0 Å². The fraction of sp³-hybridized carbons (Fsp3) is 1.00. The maximum Gasteiger partial charge on any atom is 0.152 e. The molecule has 0 unspecified atom stereocenters. The zero-order chi connectivity index (χ0) is 11.0. The number of quaternary nitrogens is 1. The maximum atomic E-state index is 8.92. The van der Waals surface area contributed by atoms with Crippen LogP contribution in [0.25, 0.3) is 0 Å². The number of nitrogens with zero attached hydrogens (tertiary/aromatic N) is 1. The minimum absolute atomic E-state index is 0.615. The molecule has 14 heavy (non-hydrogen) atoms. The van der Waals surface area contributed by atoms with E-state index in [0.29, 0.717) is 6.61 Å². The summed E-state index contributed by atoms with van der Waals surface area (Å²) < 4.78 is 6.05. The number of hydrogen-bond acceptors (Lipinski definition) is 3. The van der Waals surface area contributed by atoms with Crippen molar-refractivity contribution in [2.75, 3.05) is 47.4 Å². The number of aliphatic hydroxyl groups is 1. The first-order valence-electron chi connectivity index (χ1n) is 5.24. The molecule has 1 atom stereocenters. The van der Waals surface area contributed by atoms with Crippen LogP contribution in [0.2, 0.25) is 0 Å². The molecule has 0 fully saturated rings. The van der Waals surface area contributed by atoms with Crippen molar-refractivity contribution in [1.29, 1.82) is 0 Å². The molecule has 0 aliphatic rings. The molecule has 0 saturated heterocycles. The van der Waals surface area contributed by atoms with Crippen LogP contribution >= 0.6 is 0 Å². The smallest absolute Gasteiger partial charge is 0.152 e. The van der Waals surface area contributed by atoms with Crippen molar-refractivity contribution < 1.29 is 14.3 Å². The molecule has 0 aromatic carbocycles. The van der Waals surface area contributed by atoms with Crippen LogP contribution in [0, 0.1) is 0 Å². The molecule has 0 aliphatic heterocycles. The van der Waals surface area contributed by atoms with E-state index in [0.717, 1.165) is 30.5 Å². The Labute approximate surface area is 87.5 Å². The minimum atomic E-state index is -0.646. The number of aliphatic hydroxyl groups excluding tert-OH is 1. The summed E-state index contributed by atoms with van der Waals surface area (Å²) in [6, 6.07) is 0. The van der Waals surface area contributed by atoms with Gasteiger partial charge in [-0.1, -0.05) is 0 Å². The molecule has 0 bridgehead atoms. The Kier molecular flexibility index (Phi) is 7.09. The summed E-state index contributed by atoms with van der Waals surface area (Å²) in [5.74, 6) is 0. The van der Waals surface area contributed by atoms with E-state index < -0.39 is 6.29 Å². The Morgan fingerprint density at radius 1 is 1.36 bits per heavy atom. The summed E-state index contributed by atoms with van der Waals surface area (Å²) in [6.45, 7) is 5.38. The quantitative estimate of drug-likeness (QED) is 0.334. The standard InChI is InChI=1S/C10H25N2O2/c1-10(13)14-9-8-12(3,4)7-5-6-11-2/h10-11,13H,5-9H2,1-4H3/q+1/t10-/m0/s1. The van der Waals surface area contributed by atoms with Gasteiger partial charge in [-0.25, -0.2) is 0 Å². The van der Waals surface area contributed by atoms with Crippen LogP contribution in [0.15, 0.2) is 0 Å². The lowest BCUT2D eigenvalue weighted by Crippen LogP contribution is -2.44. The SMILES string of the molecule is CNCCC[N+](C)(C)CCO[C@@H](C)O. The van der Waals surface area contributed by atoms with Gasteiger partial charge in [-0.3, -0.25) is 0 Å². The van der Waals surface area contributed by atoms with Gasteiger partial charge in [0.1, 0.15) is 6.54 Å². The predicted octanol–water partition coefficient (Wildman–Crippen LogP) is 0.0272. The van der Waals surface area contributed by atoms with Gasteiger partial charge in [0.25, 0.3) is 0 Å². The predicted molar refractivity (Wildman–Crippen MR) is 58.0 cm³/mol. The molecule has 4 heteroatoms. The van der Waals surface area contributed by atoms with Crippen LogP contribution in [-0.4, -0.2) is 63.3 Å². The van der Waals surface area contributed by atoms with Gasteiger partial charge < -0.3 is 19.6 Å². The highest BCUT2D eigenvalue weighted by Gasteiger charge is 2.14. The van der Waals surface area contributed by atoms with Crippen molar-refractivity contribution in [3.05, 3.63) is 0 Å². The highest BCUT2D eigenvalue weighted by Crippen LogP contribution is 1.99. The van der Waals surface area contributed by atoms with Crippen LogP contribution in [0.1, 0.15) is 13.3 Å². The van der Waals surface area contributed by atoms with Crippen LogP contribution in [0.4, 0.5) is 0 Å². The monoisotopic (exact) mass is 205 g/mol. The highest BCUT2D eigenvalue weighted by atomic mass is 16.6. The summed E-state index contributed by atoms with van der Waals surface area (Å²) in [4.78, 5) is 0. The van der Waals surface area contributed by atoms with Gasteiger partial charge in [-0.2, -0.15) is 0 Å². The van der Waals surface area contributed by atoms with E-state index in [1.807, 2.05) is 7.05 Å². The number of ether oxygens (including phenoxy) is 1. The Bertz CT molecular complexity index is 138. The number of likely N-dealkylation sites (N-methyl/N-ethyl adjacent to an activating group) is 1. The Morgan fingerprint density at radius 3 is 2.50 bits per heavy atom. The second-order valence-corrected chi connectivity index (χ2v) is 4.31. The summed E-state index contributed by atoms with van der Waals surface area (Å²) >= 11 is 0. The summed E-state index contributed by atoms with van der Waals surface area (Å²) in [6.07, 6.45) is 0.519. The first-order chi connectivity index (χ1) is 6.48. The molecular formula is C10H25N2O2+. The normalized spacial score (nSPS) is 14.4. The lowest BCUT2D eigenvalue weighted by Gasteiger charge is -2.29. The van der Waals surface area contributed by atoms with Crippen LogP contribution in [-0.2, 0) is 4.74 Å². The molecular weight excluding hydrogens is 180 g/mol. The first kappa shape index (κ1) is 13.8.